The Morgan fingerprint density at radius 2 is 0.900 bits per heavy atom. The lowest BCUT2D eigenvalue weighted by molar-refractivity contribution is 0.483. The summed E-state index contributed by atoms with van der Waals surface area (Å²) in [5, 5.41) is 4.49. The minimum Gasteiger partial charge on any atom is -0.457 e. The normalized spacial score (nSPS) is 13.7. The van der Waals surface area contributed by atoms with Gasteiger partial charge in [0, 0.05) is 55.3 Å². The quantitative estimate of drug-likeness (QED) is 0.142. The molecule has 0 spiro atoms. The van der Waals surface area contributed by atoms with Crippen molar-refractivity contribution in [2.45, 2.75) is 209 Å². The van der Waals surface area contributed by atoms with Crippen LogP contribution in [0.3, 0.4) is 0 Å². The summed E-state index contributed by atoms with van der Waals surface area (Å²) in [5.41, 5.74) is 23.6. The van der Waals surface area contributed by atoms with E-state index in [4.69, 9.17) is 16.3 Å². The molecular weight excluding hydrogens is 1240 g/mol. The molecule has 0 fully saturated rings. The highest BCUT2D eigenvalue weighted by Gasteiger charge is 2.36. The molecule has 512 valence electrons. The van der Waals surface area contributed by atoms with Crippen LogP contribution in [0.4, 0.5) is 28.4 Å². The molecule has 0 saturated carbocycles. The van der Waals surface area contributed by atoms with Crippen LogP contribution in [0, 0.1) is 6.57 Å². The Labute approximate surface area is 600 Å². The van der Waals surface area contributed by atoms with Crippen LogP contribution in [0.25, 0.3) is 86.0 Å². The Bertz CT molecular complexity index is 5100. The summed E-state index contributed by atoms with van der Waals surface area (Å²) in [6.45, 7) is 64.9. The summed E-state index contributed by atoms with van der Waals surface area (Å²) in [7, 11) is 0. The number of fused-ring (bicyclic) bond motifs is 8. The average molecular weight is 1340 g/mol. The second-order valence-corrected chi connectivity index (χ2v) is 37.7. The van der Waals surface area contributed by atoms with Gasteiger partial charge in [0.15, 0.2) is 0 Å². The maximum Gasteiger partial charge on any atom is 0.204 e. The van der Waals surface area contributed by atoms with Gasteiger partial charge in [0.05, 0.1) is 34.7 Å². The van der Waals surface area contributed by atoms with Gasteiger partial charge in [0.25, 0.3) is 0 Å². The topological polar surface area (TPSA) is 37.9 Å². The van der Waals surface area contributed by atoms with Crippen LogP contribution in [-0.2, 0) is 43.3 Å². The molecule has 9 aromatic carbocycles. The second-order valence-electron chi connectivity index (χ2n) is 36.7. The smallest absolute Gasteiger partial charge is 0.204 e. The van der Waals surface area contributed by atoms with Crippen LogP contribution in [0.15, 0.2) is 176 Å². The predicted octanol–water partition coefficient (Wildman–Crippen LogP) is 27.5. The predicted molar refractivity (Wildman–Crippen MR) is 432 cm³/mol. The maximum atomic E-state index is 8.16. The van der Waals surface area contributed by atoms with Gasteiger partial charge in [-0.2, -0.15) is 0 Å². The van der Waals surface area contributed by atoms with Crippen LogP contribution >= 0.6 is 11.3 Å². The van der Waals surface area contributed by atoms with E-state index in [1.165, 1.54) is 78.0 Å². The molecule has 0 amide bonds. The van der Waals surface area contributed by atoms with E-state index in [0.717, 1.165) is 76.2 Å². The minimum atomic E-state index is -0.195. The number of anilines is 4. The number of aromatic nitrogens is 2. The van der Waals surface area contributed by atoms with Crippen LogP contribution in [0.2, 0.25) is 0 Å². The van der Waals surface area contributed by atoms with E-state index in [9.17, 15) is 0 Å². The highest BCUT2D eigenvalue weighted by atomic mass is 32.1. The zero-order chi connectivity index (χ0) is 72.1. The van der Waals surface area contributed by atoms with E-state index in [1.807, 2.05) is 18.3 Å². The number of pyridine rings is 1. The highest BCUT2D eigenvalue weighted by molar-refractivity contribution is 7.27. The van der Waals surface area contributed by atoms with Gasteiger partial charge in [-0.25, -0.2) is 9.83 Å². The Balaban J connectivity index is 1.07. The third kappa shape index (κ3) is 12.8. The third-order valence-corrected chi connectivity index (χ3v) is 21.9. The van der Waals surface area contributed by atoms with Crippen molar-refractivity contribution >= 4 is 81.8 Å². The van der Waals surface area contributed by atoms with Gasteiger partial charge in [0.2, 0.25) is 5.69 Å². The Morgan fingerprint density at radius 1 is 0.400 bits per heavy atom. The molecular formula is C93H103N5OS. The number of para-hydroxylation sites is 2. The molecule has 7 heteroatoms. The van der Waals surface area contributed by atoms with Crippen molar-refractivity contribution in [3.05, 3.63) is 232 Å². The fourth-order valence-electron chi connectivity index (χ4n) is 14.6. The first-order chi connectivity index (χ1) is 46.6. The fourth-order valence-corrected chi connectivity index (χ4v) is 16.0. The Hall–Kier alpha value is -8.96. The lowest BCUT2D eigenvalue weighted by atomic mass is 9.74. The lowest BCUT2D eigenvalue weighted by Gasteiger charge is -2.33. The van der Waals surface area contributed by atoms with Crippen molar-refractivity contribution in [3.8, 4) is 50.7 Å². The summed E-state index contributed by atoms with van der Waals surface area (Å²) in [5.74, 6) is 2.29. The molecule has 0 unspecified atom stereocenters. The van der Waals surface area contributed by atoms with E-state index >= 15 is 0 Å². The van der Waals surface area contributed by atoms with Crippen molar-refractivity contribution in [2.75, 3.05) is 16.5 Å². The number of thiophene rings is 1. The zero-order valence-corrected chi connectivity index (χ0v) is 64.8. The monoisotopic (exact) mass is 1340 g/mol. The Morgan fingerprint density at radius 3 is 1.42 bits per heavy atom. The molecule has 12 aromatic rings. The molecule has 4 heterocycles. The van der Waals surface area contributed by atoms with Crippen molar-refractivity contribution in [1.29, 1.82) is 0 Å². The zero-order valence-electron chi connectivity index (χ0n) is 64.0. The summed E-state index contributed by atoms with van der Waals surface area (Å²) in [6.07, 6.45) is 1.95. The summed E-state index contributed by atoms with van der Waals surface area (Å²) in [4.78, 5) is 14.3. The van der Waals surface area contributed by atoms with Gasteiger partial charge in [-0.3, -0.25) is 4.57 Å². The first-order valence-corrected chi connectivity index (χ1v) is 36.8. The van der Waals surface area contributed by atoms with E-state index < -0.39 is 0 Å². The second kappa shape index (κ2) is 24.1. The largest absolute Gasteiger partial charge is 0.457 e. The van der Waals surface area contributed by atoms with Gasteiger partial charge < -0.3 is 14.5 Å². The molecule has 0 atom stereocenters. The van der Waals surface area contributed by atoms with Gasteiger partial charge in [0.1, 0.15) is 24.0 Å². The molecule has 0 bridgehead atoms. The molecule has 1 aliphatic rings. The molecule has 6 nitrogen and oxygen atoms in total. The fraction of sp³-hybridized carbons (Fsp3) is 0.355. The van der Waals surface area contributed by atoms with Gasteiger partial charge in [-0.15, -0.1) is 11.3 Å². The number of hydrogen-bond donors (Lipinski definition) is 0. The van der Waals surface area contributed by atoms with Crippen LogP contribution < -0.4 is 14.5 Å². The van der Waals surface area contributed by atoms with Gasteiger partial charge >= 0.3 is 0 Å². The van der Waals surface area contributed by atoms with Crippen LogP contribution in [-0.4, -0.2) is 16.2 Å². The SMILES string of the molecule is [C-]#[N+]c1cccc2c1sc1c2ccc2c1c1ccc(Oc3cc(-c4c(C(C)(C)C)cccc4C(C)(C)C)cc(N4CN(c5c(-c6cc(C(C)(C)C)cc(C(C)(C)C)c6)cc(C(C)(C)C)cc5-c5cc(C(C)(C)C)cc(C(C)(C)C)c5)c5ccccc54)c3)cc1n2-c1cc(C(C)(C)C)ccn1. The van der Waals surface area contributed by atoms with E-state index in [2.05, 4.69) is 343 Å². The third-order valence-electron chi connectivity index (χ3n) is 20.7. The lowest BCUT2D eigenvalue weighted by Crippen LogP contribution is -2.26. The number of rotatable bonds is 8. The molecule has 0 radical (unpaired) electrons. The van der Waals surface area contributed by atoms with E-state index in [0.29, 0.717) is 18.1 Å². The molecule has 0 saturated heterocycles. The summed E-state index contributed by atoms with van der Waals surface area (Å²) >= 11 is 1.71. The summed E-state index contributed by atoms with van der Waals surface area (Å²) < 4.78 is 12.1. The highest BCUT2D eigenvalue weighted by Crippen LogP contribution is 2.55. The van der Waals surface area contributed by atoms with Gasteiger partial charge in [-0.1, -0.05) is 257 Å². The van der Waals surface area contributed by atoms with Crippen LogP contribution in [0.1, 0.15) is 211 Å². The molecule has 0 aliphatic carbocycles. The van der Waals surface area contributed by atoms with Crippen molar-refractivity contribution < 1.29 is 4.74 Å². The van der Waals surface area contributed by atoms with Crippen molar-refractivity contribution in [1.82, 2.24) is 9.55 Å². The molecule has 3 aromatic heterocycles. The summed E-state index contributed by atoms with van der Waals surface area (Å²) in [6, 6.07) is 64.5. The maximum absolute atomic E-state index is 8.16. The van der Waals surface area contributed by atoms with Gasteiger partial charge in [-0.05, 0) is 188 Å². The average Bonchev–Trinajstić information content (AvgIpc) is 1.52. The number of ether oxygens (including phenoxy) is 1. The van der Waals surface area contributed by atoms with Crippen LogP contribution in [0.5, 0.6) is 11.5 Å². The molecule has 0 N–H and O–H groups in total. The molecule has 1 aliphatic heterocycles. The Kier molecular flexibility index (Phi) is 16.8. The number of nitrogens with zero attached hydrogens (tertiary/aromatic N) is 5. The number of benzene rings is 9. The number of hydrogen-bond acceptors (Lipinski definition) is 5. The van der Waals surface area contributed by atoms with Crippen molar-refractivity contribution in [2.24, 2.45) is 0 Å². The first kappa shape index (κ1) is 69.5. The molecule has 13 rings (SSSR count). The van der Waals surface area contributed by atoms with E-state index in [-0.39, 0.29) is 43.3 Å². The standard InChI is InChI=1S/C93H103N5OS/c1-86(2,3)59-40-41-95-80(52-59)98-78-39-38-69-68-30-28-33-75(94-25)84(68)100-85(69)82(78)70-37-36-66(54-79(70)98)99-67-47-58(81-73(92(19,20)21)31-29-32-74(81)93(22,23)24)46-65(53-67)96-55-97(77-35-27-26-34-76(77)96)83-71(56-42-60(87(4,5)6)48-61(43-56)88(7,8)9)50-64(91(16,17)18)51-72(83)57-44-62(89(10,11)12)49-63(45-57)90(13,14)15/h26-54H,55H2,1-24H3. The first-order valence-electron chi connectivity index (χ1n) is 36.0. The molecule has 100 heavy (non-hydrogen) atoms. The van der Waals surface area contributed by atoms with Crippen molar-refractivity contribution in [3.63, 3.8) is 0 Å². The van der Waals surface area contributed by atoms with E-state index in [1.54, 1.807) is 11.3 Å². The minimum absolute atomic E-state index is 0.111.